The molecule has 1 aliphatic rings. The molecule has 2 aromatic heterocycles. The van der Waals surface area contributed by atoms with Gasteiger partial charge in [-0.3, -0.25) is 9.89 Å². The first-order chi connectivity index (χ1) is 12.3. The third-order valence-corrected chi connectivity index (χ3v) is 4.91. The van der Waals surface area contributed by atoms with Crippen molar-refractivity contribution < 1.29 is 9.53 Å². The Bertz CT molecular complexity index is 871. The highest BCUT2D eigenvalue weighted by molar-refractivity contribution is 5.93. The summed E-state index contributed by atoms with van der Waals surface area (Å²) in [6.07, 6.45) is 5.80. The fourth-order valence-electron chi connectivity index (χ4n) is 3.64. The molecule has 7 nitrogen and oxygen atoms in total. The zero-order valence-electron chi connectivity index (χ0n) is 14.2. The van der Waals surface area contributed by atoms with Crippen LogP contribution < -0.4 is 4.74 Å². The first-order valence-corrected chi connectivity index (χ1v) is 8.52. The zero-order chi connectivity index (χ0) is 17.2. The Labute approximate surface area is 145 Å². The lowest BCUT2D eigenvalue weighted by Gasteiger charge is -2.31. The molecule has 7 heteroatoms. The van der Waals surface area contributed by atoms with Gasteiger partial charge in [-0.2, -0.15) is 5.10 Å². The van der Waals surface area contributed by atoms with E-state index in [9.17, 15) is 4.79 Å². The summed E-state index contributed by atoms with van der Waals surface area (Å²) >= 11 is 0. The number of benzene rings is 1. The van der Waals surface area contributed by atoms with Crippen LogP contribution in [0.2, 0.25) is 0 Å². The molecule has 4 rings (SSSR count). The molecule has 3 heterocycles. The van der Waals surface area contributed by atoms with Crippen molar-refractivity contribution >= 4 is 16.8 Å². The number of nitrogens with one attached hydrogen (secondary N) is 2. The van der Waals surface area contributed by atoms with E-state index in [1.807, 2.05) is 29.3 Å². The molecule has 0 bridgehead atoms. The second-order valence-electron chi connectivity index (χ2n) is 6.42. The summed E-state index contributed by atoms with van der Waals surface area (Å²) in [5.74, 6) is 2.03. The smallest absolute Gasteiger partial charge is 0.227 e. The molecule has 1 amide bonds. The number of aromatic amines is 2. The van der Waals surface area contributed by atoms with Crippen molar-refractivity contribution in [3.63, 3.8) is 0 Å². The number of carbonyl (C=O) groups is 1. The average molecular weight is 339 g/mol. The normalized spacial score (nSPS) is 17.8. The third-order valence-electron chi connectivity index (χ3n) is 4.91. The second-order valence-corrected chi connectivity index (χ2v) is 6.42. The van der Waals surface area contributed by atoms with Gasteiger partial charge in [-0.1, -0.05) is 6.07 Å². The number of hydrogen-bond donors (Lipinski definition) is 2. The first-order valence-electron chi connectivity index (χ1n) is 8.52. The molecule has 1 aliphatic heterocycles. The highest BCUT2D eigenvalue weighted by atomic mass is 16.5. The van der Waals surface area contributed by atoms with Crippen LogP contribution in [-0.4, -0.2) is 51.2 Å². The number of piperidine rings is 1. The Balaban J connectivity index is 1.52. The number of aromatic nitrogens is 4. The van der Waals surface area contributed by atoms with E-state index < -0.39 is 0 Å². The van der Waals surface area contributed by atoms with E-state index >= 15 is 0 Å². The van der Waals surface area contributed by atoms with E-state index in [4.69, 9.17) is 4.74 Å². The number of nitrogens with zero attached hydrogens (tertiary/aromatic N) is 3. The molecule has 1 fully saturated rings. The van der Waals surface area contributed by atoms with Crippen molar-refractivity contribution in [2.75, 3.05) is 20.2 Å². The van der Waals surface area contributed by atoms with E-state index in [-0.39, 0.29) is 11.8 Å². The molecular weight excluding hydrogens is 318 g/mol. The molecule has 1 aromatic carbocycles. The molecule has 0 spiro atoms. The summed E-state index contributed by atoms with van der Waals surface area (Å²) in [5.41, 5.74) is 1.96. The fourth-order valence-corrected chi connectivity index (χ4v) is 3.64. The standard InChI is InChI=1S/C18H21N5O2/c1-25-15-6-2-5-14-17(15)13(9-19-14)8-16(24)23-7-3-4-12(10-23)18-20-11-21-22-18/h2,5-6,9,11-12,19H,3-4,7-8,10H2,1H3,(H,20,21,22). The molecule has 1 saturated heterocycles. The summed E-state index contributed by atoms with van der Waals surface area (Å²) in [4.78, 5) is 22.3. The number of hydrogen-bond acceptors (Lipinski definition) is 4. The topological polar surface area (TPSA) is 86.9 Å². The molecule has 130 valence electrons. The van der Waals surface area contributed by atoms with Crippen molar-refractivity contribution in [1.82, 2.24) is 25.1 Å². The van der Waals surface area contributed by atoms with Crippen molar-refractivity contribution in [2.45, 2.75) is 25.2 Å². The fraction of sp³-hybridized carbons (Fsp3) is 0.389. The SMILES string of the molecule is COc1cccc2[nH]cc(CC(=O)N3CCCC(c4ncn[nH]4)C3)c12. The van der Waals surface area contributed by atoms with E-state index in [0.29, 0.717) is 13.0 Å². The summed E-state index contributed by atoms with van der Waals surface area (Å²) in [7, 11) is 1.65. The lowest BCUT2D eigenvalue weighted by atomic mass is 9.96. The predicted molar refractivity (Wildman–Crippen MR) is 93.5 cm³/mol. The highest BCUT2D eigenvalue weighted by Crippen LogP contribution is 2.30. The highest BCUT2D eigenvalue weighted by Gasteiger charge is 2.27. The molecule has 25 heavy (non-hydrogen) atoms. The maximum Gasteiger partial charge on any atom is 0.227 e. The Morgan fingerprint density at radius 1 is 1.44 bits per heavy atom. The number of fused-ring (bicyclic) bond motifs is 1. The molecule has 1 unspecified atom stereocenters. The van der Waals surface area contributed by atoms with E-state index in [0.717, 1.165) is 47.4 Å². The average Bonchev–Trinajstić information content (AvgIpc) is 3.32. The van der Waals surface area contributed by atoms with Gasteiger partial charge in [0.25, 0.3) is 0 Å². The Kier molecular flexibility index (Phi) is 4.13. The van der Waals surface area contributed by atoms with Gasteiger partial charge >= 0.3 is 0 Å². The van der Waals surface area contributed by atoms with Crippen LogP contribution in [0.25, 0.3) is 10.9 Å². The van der Waals surface area contributed by atoms with Crippen molar-refractivity contribution in [2.24, 2.45) is 0 Å². The lowest BCUT2D eigenvalue weighted by Crippen LogP contribution is -2.40. The molecule has 0 saturated carbocycles. The minimum atomic E-state index is 0.135. The van der Waals surface area contributed by atoms with Crippen molar-refractivity contribution in [3.05, 3.63) is 42.1 Å². The zero-order valence-corrected chi connectivity index (χ0v) is 14.2. The van der Waals surface area contributed by atoms with Crippen LogP contribution in [0.15, 0.2) is 30.7 Å². The summed E-state index contributed by atoms with van der Waals surface area (Å²) in [5, 5.41) is 7.84. The quantitative estimate of drug-likeness (QED) is 0.763. The predicted octanol–water partition coefficient (Wildman–Crippen LogP) is 2.24. The number of amides is 1. The third kappa shape index (κ3) is 2.97. The minimum absolute atomic E-state index is 0.135. The van der Waals surface area contributed by atoms with Gasteiger partial charge in [-0.15, -0.1) is 0 Å². The van der Waals surface area contributed by atoms with Crippen LogP contribution in [0.4, 0.5) is 0 Å². The van der Waals surface area contributed by atoms with Gasteiger partial charge in [0.05, 0.1) is 13.5 Å². The van der Waals surface area contributed by atoms with Crippen LogP contribution in [0.1, 0.15) is 30.1 Å². The molecule has 0 aliphatic carbocycles. The van der Waals surface area contributed by atoms with Gasteiger partial charge in [0.2, 0.25) is 5.91 Å². The summed E-state index contributed by atoms with van der Waals surface area (Å²) in [6, 6.07) is 5.85. The van der Waals surface area contributed by atoms with Gasteiger partial charge < -0.3 is 14.6 Å². The molecule has 0 radical (unpaired) electrons. The van der Waals surface area contributed by atoms with E-state index in [2.05, 4.69) is 20.2 Å². The van der Waals surface area contributed by atoms with Crippen LogP contribution in [0.5, 0.6) is 5.75 Å². The second kappa shape index (κ2) is 6.58. The first kappa shape index (κ1) is 15.7. The van der Waals surface area contributed by atoms with Crippen LogP contribution in [0.3, 0.4) is 0 Å². The van der Waals surface area contributed by atoms with Crippen molar-refractivity contribution in [3.8, 4) is 5.75 Å². The Morgan fingerprint density at radius 2 is 2.36 bits per heavy atom. The monoisotopic (exact) mass is 339 g/mol. The van der Waals surface area contributed by atoms with Gasteiger partial charge in [-0.25, -0.2) is 4.98 Å². The Morgan fingerprint density at radius 3 is 3.16 bits per heavy atom. The van der Waals surface area contributed by atoms with Crippen LogP contribution >= 0.6 is 0 Å². The molecule has 2 N–H and O–H groups in total. The summed E-state index contributed by atoms with van der Waals surface area (Å²) in [6.45, 7) is 1.48. The molecule has 1 atom stereocenters. The van der Waals surface area contributed by atoms with E-state index in [1.54, 1.807) is 7.11 Å². The number of rotatable bonds is 4. The largest absolute Gasteiger partial charge is 0.496 e. The van der Waals surface area contributed by atoms with Gasteiger partial charge in [0.1, 0.15) is 17.9 Å². The number of H-pyrrole nitrogens is 2. The van der Waals surface area contributed by atoms with E-state index in [1.165, 1.54) is 6.33 Å². The maximum atomic E-state index is 12.8. The van der Waals surface area contributed by atoms with Gasteiger partial charge in [0, 0.05) is 36.1 Å². The minimum Gasteiger partial charge on any atom is -0.496 e. The van der Waals surface area contributed by atoms with Gasteiger partial charge in [-0.05, 0) is 30.5 Å². The Hall–Kier alpha value is -2.83. The number of methoxy groups -OCH3 is 1. The molecular formula is C18H21N5O2. The molecule has 3 aromatic rings. The van der Waals surface area contributed by atoms with Crippen LogP contribution in [-0.2, 0) is 11.2 Å². The maximum absolute atomic E-state index is 12.8. The number of likely N-dealkylation sites (tertiary alicyclic amines) is 1. The number of ether oxygens (including phenoxy) is 1. The number of carbonyl (C=O) groups excluding carboxylic acids is 1. The van der Waals surface area contributed by atoms with Gasteiger partial charge in [0.15, 0.2) is 0 Å². The van der Waals surface area contributed by atoms with Crippen molar-refractivity contribution in [1.29, 1.82) is 0 Å². The van der Waals surface area contributed by atoms with Crippen LogP contribution in [0, 0.1) is 0 Å². The lowest BCUT2D eigenvalue weighted by molar-refractivity contribution is -0.131. The summed E-state index contributed by atoms with van der Waals surface area (Å²) < 4.78 is 5.46.